The number of aryl methyl sites for hydroxylation is 1. The number of nitrogens with one attached hydrogen (secondary N) is 1. The molecule has 1 N–H and O–H groups in total. The van der Waals surface area contributed by atoms with Crippen LogP contribution in [0.5, 0.6) is 0 Å². The summed E-state index contributed by atoms with van der Waals surface area (Å²) in [5.41, 5.74) is 2.93. The molecule has 1 aromatic carbocycles. The summed E-state index contributed by atoms with van der Waals surface area (Å²) < 4.78 is 1.74. The van der Waals surface area contributed by atoms with Crippen LogP contribution in [0.15, 0.2) is 36.7 Å². The second kappa shape index (κ2) is 5.56. The zero-order chi connectivity index (χ0) is 13.8. The van der Waals surface area contributed by atoms with Gasteiger partial charge in [-0.05, 0) is 17.7 Å². The monoisotopic (exact) mass is 258 g/mol. The Labute approximate surface area is 112 Å². The molecular formula is C14H18N4O. The van der Waals surface area contributed by atoms with E-state index in [4.69, 9.17) is 0 Å². The van der Waals surface area contributed by atoms with Gasteiger partial charge in [0.05, 0.1) is 18.3 Å². The summed E-state index contributed by atoms with van der Waals surface area (Å²) in [7, 11) is 5.41. The SMILES string of the molecule is CN(C)C(=O)Cc1ccc(Nc2cnn(C)c2)cc1. The van der Waals surface area contributed by atoms with Gasteiger partial charge in [0.2, 0.25) is 5.91 Å². The molecule has 1 amide bonds. The van der Waals surface area contributed by atoms with Crippen LogP contribution in [0.1, 0.15) is 5.56 Å². The molecule has 0 aliphatic carbocycles. The fourth-order valence-electron chi connectivity index (χ4n) is 1.69. The average Bonchev–Trinajstić information content (AvgIpc) is 2.77. The fraction of sp³-hybridized carbons (Fsp3) is 0.286. The molecule has 0 bridgehead atoms. The smallest absolute Gasteiger partial charge is 0.226 e. The second-order valence-electron chi connectivity index (χ2n) is 4.69. The van der Waals surface area contributed by atoms with Crippen molar-refractivity contribution in [1.29, 1.82) is 0 Å². The number of benzene rings is 1. The highest BCUT2D eigenvalue weighted by atomic mass is 16.2. The summed E-state index contributed by atoms with van der Waals surface area (Å²) in [6.07, 6.45) is 4.10. The van der Waals surface area contributed by atoms with E-state index in [2.05, 4.69) is 10.4 Å². The molecule has 2 rings (SSSR count). The maximum Gasteiger partial charge on any atom is 0.226 e. The third-order valence-electron chi connectivity index (χ3n) is 2.80. The molecule has 0 fully saturated rings. The number of carbonyl (C=O) groups is 1. The van der Waals surface area contributed by atoms with E-state index in [-0.39, 0.29) is 5.91 Å². The van der Waals surface area contributed by atoms with Gasteiger partial charge in [0.15, 0.2) is 0 Å². The maximum absolute atomic E-state index is 11.6. The van der Waals surface area contributed by atoms with Gasteiger partial charge in [0, 0.05) is 33.0 Å². The minimum Gasteiger partial charge on any atom is -0.353 e. The van der Waals surface area contributed by atoms with Crippen LogP contribution >= 0.6 is 0 Å². The number of nitrogens with zero attached hydrogens (tertiary/aromatic N) is 3. The molecule has 5 nitrogen and oxygen atoms in total. The van der Waals surface area contributed by atoms with Gasteiger partial charge in [-0.15, -0.1) is 0 Å². The van der Waals surface area contributed by atoms with Crippen LogP contribution in [-0.4, -0.2) is 34.7 Å². The van der Waals surface area contributed by atoms with E-state index in [1.807, 2.05) is 37.5 Å². The second-order valence-corrected chi connectivity index (χ2v) is 4.69. The first-order valence-electron chi connectivity index (χ1n) is 6.09. The number of likely N-dealkylation sites (N-methyl/N-ethyl adjacent to an activating group) is 1. The zero-order valence-electron chi connectivity index (χ0n) is 11.4. The molecule has 0 unspecified atom stereocenters. The van der Waals surface area contributed by atoms with Gasteiger partial charge >= 0.3 is 0 Å². The Morgan fingerprint density at radius 1 is 1.26 bits per heavy atom. The Hall–Kier alpha value is -2.30. The van der Waals surface area contributed by atoms with Crippen molar-refractivity contribution in [3.05, 3.63) is 42.2 Å². The van der Waals surface area contributed by atoms with Crippen molar-refractivity contribution in [3.8, 4) is 0 Å². The van der Waals surface area contributed by atoms with Gasteiger partial charge in [-0.3, -0.25) is 9.48 Å². The molecule has 1 heterocycles. The van der Waals surface area contributed by atoms with Crippen LogP contribution in [0, 0.1) is 0 Å². The lowest BCUT2D eigenvalue weighted by Gasteiger charge is -2.10. The molecule has 0 aliphatic heterocycles. The molecule has 0 saturated carbocycles. The average molecular weight is 258 g/mol. The van der Waals surface area contributed by atoms with E-state index < -0.39 is 0 Å². The standard InChI is InChI=1S/C14H18N4O/c1-17(2)14(19)8-11-4-6-12(7-5-11)16-13-9-15-18(3)10-13/h4-7,9-10,16H,8H2,1-3H3. The van der Waals surface area contributed by atoms with Gasteiger partial charge in [-0.25, -0.2) is 0 Å². The molecule has 5 heteroatoms. The van der Waals surface area contributed by atoms with E-state index in [9.17, 15) is 4.79 Å². The van der Waals surface area contributed by atoms with E-state index in [1.165, 1.54) is 0 Å². The number of amides is 1. The minimum atomic E-state index is 0.105. The van der Waals surface area contributed by atoms with Crippen molar-refractivity contribution in [1.82, 2.24) is 14.7 Å². The van der Waals surface area contributed by atoms with E-state index in [0.29, 0.717) is 6.42 Å². The molecule has 2 aromatic rings. The third kappa shape index (κ3) is 3.58. The Morgan fingerprint density at radius 2 is 1.95 bits per heavy atom. The lowest BCUT2D eigenvalue weighted by Crippen LogP contribution is -2.23. The number of anilines is 2. The first-order valence-corrected chi connectivity index (χ1v) is 6.09. The lowest BCUT2D eigenvalue weighted by molar-refractivity contribution is -0.127. The number of carbonyl (C=O) groups excluding carboxylic acids is 1. The molecule has 1 aromatic heterocycles. The largest absolute Gasteiger partial charge is 0.353 e. The van der Waals surface area contributed by atoms with Crippen LogP contribution in [0.25, 0.3) is 0 Å². The fourth-order valence-corrected chi connectivity index (χ4v) is 1.69. The molecular weight excluding hydrogens is 240 g/mol. The van der Waals surface area contributed by atoms with Crippen molar-refractivity contribution in [2.24, 2.45) is 7.05 Å². The predicted octanol–water partition coefficient (Wildman–Crippen LogP) is 1.79. The van der Waals surface area contributed by atoms with Crippen LogP contribution in [0.3, 0.4) is 0 Å². The van der Waals surface area contributed by atoms with Crippen LogP contribution in [0.2, 0.25) is 0 Å². The normalized spacial score (nSPS) is 10.3. The van der Waals surface area contributed by atoms with Gasteiger partial charge < -0.3 is 10.2 Å². The maximum atomic E-state index is 11.6. The minimum absolute atomic E-state index is 0.105. The molecule has 19 heavy (non-hydrogen) atoms. The summed E-state index contributed by atoms with van der Waals surface area (Å²) in [6, 6.07) is 7.84. The Balaban J connectivity index is 2.00. The van der Waals surface area contributed by atoms with Crippen molar-refractivity contribution in [2.75, 3.05) is 19.4 Å². The van der Waals surface area contributed by atoms with Crippen LogP contribution < -0.4 is 5.32 Å². The van der Waals surface area contributed by atoms with E-state index >= 15 is 0 Å². The van der Waals surface area contributed by atoms with Crippen molar-refractivity contribution >= 4 is 17.3 Å². The number of aromatic nitrogens is 2. The highest BCUT2D eigenvalue weighted by molar-refractivity contribution is 5.78. The van der Waals surface area contributed by atoms with E-state index in [0.717, 1.165) is 16.9 Å². The van der Waals surface area contributed by atoms with Gasteiger partial charge in [0.25, 0.3) is 0 Å². The number of hydrogen-bond acceptors (Lipinski definition) is 3. The molecule has 0 atom stereocenters. The summed E-state index contributed by atoms with van der Waals surface area (Å²) in [4.78, 5) is 13.2. The van der Waals surface area contributed by atoms with Crippen LogP contribution in [-0.2, 0) is 18.3 Å². The zero-order valence-corrected chi connectivity index (χ0v) is 11.4. The summed E-state index contributed by atoms with van der Waals surface area (Å²) >= 11 is 0. The highest BCUT2D eigenvalue weighted by Gasteiger charge is 2.05. The summed E-state index contributed by atoms with van der Waals surface area (Å²) in [5.74, 6) is 0.105. The van der Waals surface area contributed by atoms with Gasteiger partial charge in [-0.1, -0.05) is 12.1 Å². The summed E-state index contributed by atoms with van der Waals surface area (Å²) in [5, 5.41) is 7.34. The third-order valence-corrected chi connectivity index (χ3v) is 2.80. The van der Waals surface area contributed by atoms with Gasteiger partial charge in [-0.2, -0.15) is 5.10 Å². The molecule has 100 valence electrons. The lowest BCUT2D eigenvalue weighted by atomic mass is 10.1. The highest BCUT2D eigenvalue weighted by Crippen LogP contribution is 2.16. The van der Waals surface area contributed by atoms with Crippen molar-refractivity contribution in [3.63, 3.8) is 0 Å². The molecule has 0 saturated heterocycles. The van der Waals surface area contributed by atoms with Crippen LogP contribution in [0.4, 0.5) is 11.4 Å². The van der Waals surface area contributed by atoms with Crippen molar-refractivity contribution < 1.29 is 4.79 Å². The first-order chi connectivity index (χ1) is 9.04. The molecule has 0 radical (unpaired) electrons. The number of hydrogen-bond donors (Lipinski definition) is 1. The van der Waals surface area contributed by atoms with Crippen molar-refractivity contribution in [2.45, 2.75) is 6.42 Å². The number of rotatable bonds is 4. The Kier molecular flexibility index (Phi) is 3.85. The topological polar surface area (TPSA) is 50.2 Å². The first kappa shape index (κ1) is 13.1. The Morgan fingerprint density at radius 3 is 2.47 bits per heavy atom. The molecule has 0 spiro atoms. The quantitative estimate of drug-likeness (QED) is 0.909. The molecule has 0 aliphatic rings. The van der Waals surface area contributed by atoms with Gasteiger partial charge in [0.1, 0.15) is 0 Å². The van der Waals surface area contributed by atoms with E-state index in [1.54, 1.807) is 29.9 Å². The predicted molar refractivity (Wildman–Crippen MR) is 75.3 cm³/mol. The summed E-state index contributed by atoms with van der Waals surface area (Å²) in [6.45, 7) is 0. The Bertz CT molecular complexity index is 557.